The van der Waals surface area contributed by atoms with Crippen molar-refractivity contribution < 1.29 is 0 Å². The molecule has 5 heteroatoms. The number of aryl methyl sites for hydroxylation is 1. The average molecular weight is 280 g/mol. The molecular weight excluding hydrogens is 264 g/mol. The second-order valence-corrected chi connectivity index (χ2v) is 5.77. The highest BCUT2D eigenvalue weighted by Crippen LogP contribution is 2.30. The normalized spacial score (nSPS) is 14.7. The van der Waals surface area contributed by atoms with Crippen molar-refractivity contribution in [2.24, 2.45) is 5.92 Å². The Morgan fingerprint density at radius 1 is 1.24 bits per heavy atom. The highest BCUT2D eigenvalue weighted by atomic mass is 16.1. The maximum atomic E-state index is 12.5. The Morgan fingerprint density at radius 3 is 2.71 bits per heavy atom. The SMILES string of the molecule is Cc1ccc(-n2ncc3c(=O)n(CC4CC4)cnc32)cc1. The van der Waals surface area contributed by atoms with Crippen molar-refractivity contribution in [3.8, 4) is 5.69 Å². The number of fused-ring (bicyclic) bond motifs is 1. The Kier molecular flexibility index (Phi) is 2.67. The second kappa shape index (κ2) is 4.55. The Labute approximate surface area is 121 Å². The Balaban J connectivity index is 1.83. The first-order valence-corrected chi connectivity index (χ1v) is 7.22. The molecule has 21 heavy (non-hydrogen) atoms. The van der Waals surface area contributed by atoms with Crippen LogP contribution < -0.4 is 5.56 Å². The van der Waals surface area contributed by atoms with Crippen LogP contribution in [0.15, 0.2) is 41.6 Å². The molecule has 3 aromatic rings. The van der Waals surface area contributed by atoms with Gasteiger partial charge in [-0.05, 0) is 37.8 Å². The summed E-state index contributed by atoms with van der Waals surface area (Å²) in [4.78, 5) is 16.9. The zero-order valence-corrected chi connectivity index (χ0v) is 11.9. The maximum absolute atomic E-state index is 12.5. The van der Waals surface area contributed by atoms with Crippen LogP contribution in [0, 0.1) is 12.8 Å². The lowest BCUT2D eigenvalue weighted by molar-refractivity contribution is 0.601. The minimum atomic E-state index is 0.00487. The highest BCUT2D eigenvalue weighted by molar-refractivity contribution is 5.74. The Hall–Kier alpha value is -2.43. The van der Waals surface area contributed by atoms with Crippen LogP contribution in [-0.2, 0) is 6.54 Å². The lowest BCUT2D eigenvalue weighted by Gasteiger charge is -2.05. The molecule has 5 nitrogen and oxygen atoms in total. The largest absolute Gasteiger partial charge is 0.298 e. The van der Waals surface area contributed by atoms with Crippen molar-refractivity contribution in [1.82, 2.24) is 19.3 Å². The first-order valence-electron chi connectivity index (χ1n) is 7.22. The number of rotatable bonds is 3. The molecule has 0 unspecified atom stereocenters. The van der Waals surface area contributed by atoms with Crippen molar-refractivity contribution in [2.45, 2.75) is 26.3 Å². The molecule has 2 aromatic heterocycles. The van der Waals surface area contributed by atoms with Crippen LogP contribution in [0.1, 0.15) is 18.4 Å². The van der Waals surface area contributed by atoms with Crippen molar-refractivity contribution >= 4 is 11.0 Å². The van der Waals surface area contributed by atoms with E-state index in [4.69, 9.17) is 0 Å². The molecule has 0 N–H and O–H groups in total. The van der Waals surface area contributed by atoms with E-state index in [0.29, 0.717) is 17.0 Å². The highest BCUT2D eigenvalue weighted by Gasteiger charge is 2.23. The van der Waals surface area contributed by atoms with Gasteiger partial charge < -0.3 is 0 Å². The average Bonchev–Trinajstić information content (AvgIpc) is 3.20. The molecule has 1 saturated carbocycles. The van der Waals surface area contributed by atoms with E-state index in [1.165, 1.54) is 18.4 Å². The third-order valence-electron chi connectivity index (χ3n) is 3.98. The molecule has 0 amide bonds. The van der Waals surface area contributed by atoms with Crippen molar-refractivity contribution in [2.75, 3.05) is 0 Å². The van der Waals surface area contributed by atoms with E-state index >= 15 is 0 Å². The van der Waals surface area contributed by atoms with Gasteiger partial charge in [-0.2, -0.15) is 5.10 Å². The van der Waals surface area contributed by atoms with Crippen LogP contribution in [-0.4, -0.2) is 19.3 Å². The number of nitrogens with zero attached hydrogens (tertiary/aromatic N) is 4. The summed E-state index contributed by atoms with van der Waals surface area (Å²) in [5.41, 5.74) is 2.73. The summed E-state index contributed by atoms with van der Waals surface area (Å²) < 4.78 is 3.43. The molecule has 0 bridgehead atoms. The van der Waals surface area contributed by atoms with Gasteiger partial charge in [0.15, 0.2) is 5.65 Å². The molecule has 0 aliphatic heterocycles. The standard InChI is InChI=1S/C16H16N4O/c1-11-2-6-13(7-3-11)20-15-14(8-18-20)16(21)19(10-17-15)9-12-4-5-12/h2-3,6-8,10,12H,4-5,9H2,1H3. The van der Waals surface area contributed by atoms with E-state index < -0.39 is 0 Å². The van der Waals surface area contributed by atoms with Gasteiger partial charge in [-0.25, -0.2) is 9.67 Å². The van der Waals surface area contributed by atoms with Gasteiger partial charge in [-0.1, -0.05) is 17.7 Å². The van der Waals surface area contributed by atoms with Crippen LogP contribution in [0.25, 0.3) is 16.7 Å². The van der Waals surface area contributed by atoms with Crippen LogP contribution in [0.5, 0.6) is 0 Å². The summed E-state index contributed by atoms with van der Waals surface area (Å²) in [5.74, 6) is 0.647. The summed E-state index contributed by atoms with van der Waals surface area (Å²) in [6.45, 7) is 2.82. The first kappa shape index (κ1) is 12.3. The predicted octanol–water partition coefficient (Wildman–Crippen LogP) is 2.30. The van der Waals surface area contributed by atoms with Gasteiger partial charge in [-0.15, -0.1) is 0 Å². The number of aromatic nitrogens is 4. The molecule has 1 fully saturated rings. The molecule has 2 heterocycles. The number of benzene rings is 1. The van der Waals surface area contributed by atoms with Crippen molar-refractivity contribution in [3.05, 3.63) is 52.7 Å². The smallest absolute Gasteiger partial charge is 0.264 e. The molecule has 1 aliphatic carbocycles. The Morgan fingerprint density at radius 2 is 2.00 bits per heavy atom. The quantitative estimate of drug-likeness (QED) is 0.739. The van der Waals surface area contributed by atoms with E-state index in [2.05, 4.69) is 10.1 Å². The van der Waals surface area contributed by atoms with Gasteiger partial charge in [0, 0.05) is 6.54 Å². The summed E-state index contributed by atoms with van der Waals surface area (Å²) in [7, 11) is 0. The molecule has 0 radical (unpaired) electrons. The monoisotopic (exact) mass is 280 g/mol. The van der Waals surface area contributed by atoms with Crippen LogP contribution in [0.4, 0.5) is 0 Å². The minimum absolute atomic E-state index is 0.00487. The zero-order valence-electron chi connectivity index (χ0n) is 11.9. The Bertz CT molecular complexity index is 856. The molecule has 4 rings (SSSR count). The first-order chi connectivity index (χ1) is 10.2. The number of hydrogen-bond acceptors (Lipinski definition) is 3. The molecule has 106 valence electrons. The third kappa shape index (κ3) is 2.14. The summed E-state index contributed by atoms with van der Waals surface area (Å²) >= 11 is 0. The topological polar surface area (TPSA) is 52.7 Å². The van der Waals surface area contributed by atoms with E-state index in [-0.39, 0.29) is 5.56 Å². The summed E-state index contributed by atoms with van der Waals surface area (Å²) in [6, 6.07) is 8.02. The van der Waals surface area contributed by atoms with Gasteiger partial charge in [0.2, 0.25) is 0 Å². The van der Waals surface area contributed by atoms with E-state index in [9.17, 15) is 4.79 Å². The lowest BCUT2D eigenvalue weighted by atomic mass is 10.2. The molecule has 0 spiro atoms. The van der Waals surface area contributed by atoms with E-state index in [0.717, 1.165) is 12.2 Å². The molecule has 1 aliphatic rings. The van der Waals surface area contributed by atoms with E-state index in [1.807, 2.05) is 31.2 Å². The summed E-state index contributed by atoms with van der Waals surface area (Å²) in [6.07, 6.45) is 5.70. The second-order valence-electron chi connectivity index (χ2n) is 5.77. The van der Waals surface area contributed by atoms with Crippen LogP contribution >= 0.6 is 0 Å². The van der Waals surface area contributed by atoms with Crippen molar-refractivity contribution in [1.29, 1.82) is 0 Å². The molecule has 0 saturated heterocycles. The minimum Gasteiger partial charge on any atom is -0.298 e. The van der Waals surface area contributed by atoms with Crippen molar-refractivity contribution in [3.63, 3.8) is 0 Å². The van der Waals surface area contributed by atoms with Gasteiger partial charge in [-0.3, -0.25) is 9.36 Å². The molecule has 1 aromatic carbocycles. The van der Waals surface area contributed by atoms with Gasteiger partial charge in [0.1, 0.15) is 5.39 Å². The van der Waals surface area contributed by atoms with E-state index in [1.54, 1.807) is 21.8 Å². The zero-order chi connectivity index (χ0) is 14.4. The van der Waals surface area contributed by atoms with Gasteiger partial charge in [0.05, 0.1) is 18.2 Å². The van der Waals surface area contributed by atoms with Crippen LogP contribution in [0.3, 0.4) is 0 Å². The van der Waals surface area contributed by atoms with Gasteiger partial charge in [0.25, 0.3) is 5.56 Å². The summed E-state index contributed by atoms with van der Waals surface area (Å²) in [5, 5.41) is 4.91. The fourth-order valence-corrected chi connectivity index (χ4v) is 2.53. The fourth-order valence-electron chi connectivity index (χ4n) is 2.53. The number of hydrogen-bond donors (Lipinski definition) is 0. The third-order valence-corrected chi connectivity index (χ3v) is 3.98. The molecule has 0 atom stereocenters. The van der Waals surface area contributed by atoms with Crippen LogP contribution in [0.2, 0.25) is 0 Å². The predicted molar refractivity (Wildman–Crippen MR) is 80.6 cm³/mol. The van der Waals surface area contributed by atoms with Gasteiger partial charge >= 0.3 is 0 Å². The lowest BCUT2D eigenvalue weighted by Crippen LogP contribution is -2.21. The fraction of sp³-hybridized carbons (Fsp3) is 0.312. The molecular formula is C16H16N4O. The maximum Gasteiger partial charge on any atom is 0.264 e.